The first kappa shape index (κ1) is 15.3. The SMILES string of the molecule is CC(C)(C)OC(=O)N1C=CC(CCCC(=O)O)=CC1. The Labute approximate surface area is 113 Å². The molecule has 0 radical (unpaired) electrons. The predicted molar refractivity (Wildman–Crippen MR) is 71.6 cm³/mol. The Morgan fingerprint density at radius 2 is 2.11 bits per heavy atom. The highest BCUT2D eigenvalue weighted by Crippen LogP contribution is 2.16. The highest BCUT2D eigenvalue weighted by atomic mass is 16.6. The van der Waals surface area contributed by atoms with Crippen LogP contribution < -0.4 is 0 Å². The Bertz CT molecular complexity index is 404. The van der Waals surface area contributed by atoms with Gasteiger partial charge in [0.15, 0.2) is 0 Å². The number of aliphatic carboxylic acids is 1. The van der Waals surface area contributed by atoms with Crippen LogP contribution in [0.4, 0.5) is 4.79 Å². The highest BCUT2D eigenvalue weighted by Gasteiger charge is 2.21. The molecule has 1 rings (SSSR count). The fourth-order valence-corrected chi connectivity index (χ4v) is 1.62. The maximum absolute atomic E-state index is 11.8. The molecule has 1 heterocycles. The Morgan fingerprint density at radius 3 is 2.58 bits per heavy atom. The Kier molecular flexibility index (Phi) is 5.15. The van der Waals surface area contributed by atoms with E-state index in [4.69, 9.17) is 9.84 Å². The van der Waals surface area contributed by atoms with Crippen LogP contribution in [0.5, 0.6) is 0 Å². The zero-order valence-corrected chi connectivity index (χ0v) is 11.7. The number of nitrogens with zero attached hydrogens (tertiary/aromatic N) is 1. The van der Waals surface area contributed by atoms with Crippen molar-refractivity contribution < 1.29 is 19.4 Å². The van der Waals surface area contributed by atoms with Crippen LogP contribution in [0.2, 0.25) is 0 Å². The minimum Gasteiger partial charge on any atom is -0.481 e. The largest absolute Gasteiger partial charge is 0.481 e. The van der Waals surface area contributed by atoms with Gasteiger partial charge < -0.3 is 9.84 Å². The van der Waals surface area contributed by atoms with Crippen LogP contribution in [0.25, 0.3) is 0 Å². The fourth-order valence-electron chi connectivity index (χ4n) is 1.62. The van der Waals surface area contributed by atoms with Gasteiger partial charge in [-0.2, -0.15) is 0 Å². The van der Waals surface area contributed by atoms with Crippen molar-refractivity contribution in [3.63, 3.8) is 0 Å². The number of hydrogen-bond acceptors (Lipinski definition) is 3. The van der Waals surface area contributed by atoms with Crippen molar-refractivity contribution in [3.8, 4) is 0 Å². The molecule has 19 heavy (non-hydrogen) atoms. The van der Waals surface area contributed by atoms with E-state index in [1.165, 1.54) is 4.90 Å². The van der Waals surface area contributed by atoms with Gasteiger partial charge in [-0.1, -0.05) is 6.08 Å². The van der Waals surface area contributed by atoms with Crippen LogP contribution in [0, 0.1) is 0 Å². The van der Waals surface area contributed by atoms with E-state index in [9.17, 15) is 9.59 Å². The second-order valence-electron chi connectivity index (χ2n) is 5.47. The molecular weight excluding hydrogens is 246 g/mol. The lowest BCUT2D eigenvalue weighted by Gasteiger charge is -2.26. The summed E-state index contributed by atoms with van der Waals surface area (Å²) in [6.07, 6.45) is 6.55. The topological polar surface area (TPSA) is 66.8 Å². The average molecular weight is 267 g/mol. The molecule has 1 amide bonds. The summed E-state index contributed by atoms with van der Waals surface area (Å²) in [4.78, 5) is 23.7. The number of hydrogen-bond donors (Lipinski definition) is 1. The van der Waals surface area contributed by atoms with E-state index in [0.29, 0.717) is 19.4 Å². The van der Waals surface area contributed by atoms with Crippen LogP contribution in [0.1, 0.15) is 40.0 Å². The summed E-state index contributed by atoms with van der Waals surface area (Å²) in [5, 5.41) is 8.56. The van der Waals surface area contributed by atoms with Crippen LogP contribution in [-0.2, 0) is 9.53 Å². The predicted octanol–water partition coefficient (Wildman–Crippen LogP) is 2.93. The summed E-state index contributed by atoms with van der Waals surface area (Å²) in [6, 6.07) is 0. The van der Waals surface area contributed by atoms with Gasteiger partial charge in [-0.3, -0.25) is 9.69 Å². The highest BCUT2D eigenvalue weighted by molar-refractivity contribution is 5.70. The van der Waals surface area contributed by atoms with Gasteiger partial charge in [-0.25, -0.2) is 4.79 Å². The summed E-state index contributed by atoms with van der Waals surface area (Å²) >= 11 is 0. The van der Waals surface area contributed by atoms with Gasteiger partial charge in [-0.15, -0.1) is 0 Å². The molecule has 5 heteroatoms. The Balaban J connectivity index is 2.39. The van der Waals surface area contributed by atoms with Crippen LogP contribution in [0.3, 0.4) is 0 Å². The van der Waals surface area contributed by atoms with Crippen LogP contribution in [-0.4, -0.2) is 34.2 Å². The first-order valence-electron chi connectivity index (χ1n) is 6.36. The Hall–Kier alpha value is -1.78. The average Bonchev–Trinajstić information content (AvgIpc) is 2.27. The van der Waals surface area contributed by atoms with Crippen molar-refractivity contribution in [1.82, 2.24) is 4.90 Å². The second-order valence-corrected chi connectivity index (χ2v) is 5.47. The number of amides is 1. The molecule has 1 N–H and O–H groups in total. The maximum Gasteiger partial charge on any atom is 0.414 e. The third kappa shape index (κ3) is 6.08. The standard InChI is InChI=1S/C14H21NO4/c1-14(2,3)19-13(18)15-9-7-11(8-10-15)5-4-6-12(16)17/h7-9H,4-6,10H2,1-3H3,(H,16,17). The smallest absolute Gasteiger partial charge is 0.414 e. The van der Waals surface area contributed by atoms with E-state index in [1.807, 2.05) is 32.9 Å². The lowest BCUT2D eigenvalue weighted by atomic mass is 10.1. The van der Waals surface area contributed by atoms with Gasteiger partial charge in [0.2, 0.25) is 0 Å². The maximum atomic E-state index is 11.8. The minimum atomic E-state index is -0.782. The number of carboxylic acid groups (broad SMARTS) is 1. The monoisotopic (exact) mass is 267 g/mol. The lowest BCUT2D eigenvalue weighted by Crippen LogP contribution is -2.34. The molecule has 0 bridgehead atoms. The molecule has 0 aromatic rings. The number of carboxylic acids is 1. The second kappa shape index (κ2) is 6.41. The molecule has 0 aromatic heterocycles. The number of ether oxygens (including phenoxy) is 1. The molecule has 0 aliphatic carbocycles. The van der Waals surface area contributed by atoms with Crippen molar-refractivity contribution in [1.29, 1.82) is 0 Å². The van der Waals surface area contributed by atoms with E-state index in [1.54, 1.807) is 6.20 Å². The zero-order chi connectivity index (χ0) is 14.5. The third-order valence-electron chi connectivity index (χ3n) is 2.50. The number of allylic oxidation sites excluding steroid dienone is 2. The minimum absolute atomic E-state index is 0.168. The first-order chi connectivity index (χ1) is 8.78. The van der Waals surface area contributed by atoms with Crippen molar-refractivity contribution in [3.05, 3.63) is 23.9 Å². The van der Waals surface area contributed by atoms with Gasteiger partial charge in [-0.05, 0) is 45.3 Å². The molecule has 0 atom stereocenters. The van der Waals surface area contributed by atoms with Crippen molar-refractivity contribution in [2.24, 2.45) is 0 Å². The van der Waals surface area contributed by atoms with Crippen LogP contribution >= 0.6 is 0 Å². The van der Waals surface area contributed by atoms with Gasteiger partial charge in [0, 0.05) is 19.2 Å². The molecule has 106 valence electrons. The Morgan fingerprint density at radius 1 is 1.42 bits per heavy atom. The quantitative estimate of drug-likeness (QED) is 0.850. The van der Waals surface area contributed by atoms with E-state index in [0.717, 1.165) is 5.57 Å². The van der Waals surface area contributed by atoms with Gasteiger partial charge >= 0.3 is 12.1 Å². The molecule has 0 spiro atoms. The molecule has 0 unspecified atom stereocenters. The molecule has 1 aliphatic rings. The number of carbonyl (C=O) groups is 2. The van der Waals surface area contributed by atoms with E-state index in [2.05, 4.69) is 0 Å². The summed E-state index contributed by atoms with van der Waals surface area (Å²) < 4.78 is 5.25. The van der Waals surface area contributed by atoms with E-state index >= 15 is 0 Å². The third-order valence-corrected chi connectivity index (χ3v) is 2.50. The molecule has 0 aromatic carbocycles. The van der Waals surface area contributed by atoms with Crippen LogP contribution in [0.15, 0.2) is 23.9 Å². The summed E-state index contributed by atoms with van der Waals surface area (Å²) in [5.41, 5.74) is 0.553. The summed E-state index contributed by atoms with van der Waals surface area (Å²) in [6.45, 7) is 5.94. The van der Waals surface area contributed by atoms with Gasteiger partial charge in [0.25, 0.3) is 0 Å². The van der Waals surface area contributed by atoms with E-state index in [-0.39, 0.29) is 12.5 Å². The normalized spacial score (nSPS) is 15.1. The zero-order valence-electron chi connectivity index (χ0n) is 11.7. The lowest BCUT2D eigenvalue weighted by molar-refractivity contribution is -0.137. The molecule has 5 nitrogen and oxygen atoms in total. The molecule has 1 aliphatic heterocycles. The number of rotatable bonds is 4. The molecular formula is C14H21NO4. The first-order valence-corrected chi connectivity index (χ1v) is 6.36. The van der Waals surface area contributed by atoms with Crippen molar-refractivity contribution >= 4 is 12.1 Å². The van der Waals surface area contributed by atoms with Gasteiger partial charge in [0.05, 0.1) is 0 Å². The van der Waals surface area contributed by atoms with Crippen molar-refractivity contribution in [2.45, 2.75) is 45.6 Å². The van der Waals surface area contributed by atoms with Crippen molar-refractivity contribution in [2.75, 3.05) is 6.54 Å². The molecule has 0 saturated heterocycles. The summed E-state index contributed by atoms with van der Waals surface area (Å²) in [7, 11) is 0. The fraction of sp³-hybridized carbons (Fsp3) is 0.571. The number of carbonyl (C=O) groups excluding carboxylic acids is 1. The van der Waals surface area contributed by atoms with Gasteiger partial charge in [0.1, 0.15) is 5.60 Å². The molecule has 0 fully saturated rings. The molecule has 0 saturated carbocycles. The summed E-state index contributed by atoms with van der Waals surface area (Å²) in [5.74, 6) is -0.782. The van der Waals surface area contributed by atoms with E-state index < -0.39 is 11.6 Å².